The summed E-state index contributed by atoms with van der Waals surface area (Å²) in [5.41, 5.74) is 1.41. The highest BCUT2D eigenvalue weighted by molar-refractivity contribution is 5.25. The summed E-state index contributed by atoms with van der Waals surface area (Å²) in [6, 6.07) is 0. The van der Waals surface area contributed by atoms with Crippen LogP contribution < -0.4 is 0 Å². The predicted octanol–water partition coefficient (Wildman–Crippen LogP) is 4.11. The third-order valence-electron chi connectivity index (χ3n) is 2.02. The Labute approximate surface area is 76.7 Å². The Bertz CT molecular complexity index is 182. The Balaban J connectivity index is 4.41. The molecule has 0 saturated heterocycles. The maximum Gasteiger partial charge on any atom is -0.0193 e. The lowest BCUT2D eigenvalue weighted by atomic mass is 9.97. The summed E-state index contributed by atoms with van der Waals surface area (Å²) < 4.78 is 0. The first-order valence-electron chi connectivity index (χ1n) is 4.71. The van der Waals surface area contributed by atoms with E-state index in [1.807, 2.05) is 6.92 Å². The average molecular weight is 164 g/mol. The first-order valence-corrected chi connectivity index (χ1v) is 4.71. The summed E-state index contributed by atoms with van der Waals surface area (Å²) in [5, 5.41) is 0. The van der Waals surface area contributed by atoms with Gasteiger partial charge in [0.2, 0.25) is 0 Å². The smallest absolute Gasteiger partial charge is 0.0193 e. The van der Waals surface area contributed by atoms with Gasteiger partial charge < -0.3 is 0 Å². The fourth-order valence-corrected chi connectivity index (χ4v) is 1.02. The highest BCUT2D eigenvalue weighted by Crippen LogP contribution is 2.15. The van der Waals surface area contributed by atoms with Gasteiger partial charge >= 0.3 is 0 Å². The summed E-state index contributed by atoms with van der Waals surface area (Å²) in [6.45, 7) is 8.58. The van der Waals surface area contributed by atoms with Crippen LogP contribution in [0.4, 0.5) is 0 Å². The lowest BCUT2D eigenvalue weighted by Crippen LogP contribution is -1.94. The molecule has 0 nitrogen and oxygen atoms in total. The van der Waals surface area contributed by atoms with Crippen LogP contribution >= 0.6 is 0 Å². The van der Waals surface area contributed by atoms with E-state index in [9.17, 15) is 0 Å². The number of hydrogen-bond acceptors (Lipinski definition) is 0. The van der Waals surface area contributed by atoms with Crippen LogP contribution in [0.15, 0.2) is 36.0 Å². The Morgan fingerprint density at radius 3 is 2.33 bits per heavy atom. The third-order valence-corrected chi connectivity index (χ3v) is 2.02. The highest BCUT2D eigenvalue weighted by Gasteiger charge is 2.00. The van der Waals surface area contributed by atoms with Gasteiger partial charge in [-0.05, 0) is 31.8 Å². The zero-order valence-corrected chi connectivity index (χ0v) is 8.67. The lowest BCUT2D eigenvalue weighted by molar-refractivity contribution is 0.670. The minimum atomic E-state index is 0.664. The van der Waals surface area contributed by atoms with Crippen LogP contribution in [0, 0.1) is 5.92 Å². The van der Waals surface area contributed by atoms with E-state index in [4.69, 9.17) is 0 Å². The van der Waals surface area contributed by atoms with E-state index in [2.05, 4.69) is 51.2 Å². The van der Waals surface area contributed by atoms with Crippen LogP contribution in [0.5, 0.6) is 0 Å². The Morgan fingerprint density at radius 1 is 1.25 bits per heavy atom. The van der Waals surface area contributed by atoms with Gasteiger partial charge in [-0.25, -0.2) is 0 Å². The van der Waals surface area contributed by atoms with Crippen LogP contribution in [-0.4, -0.2) is 0 Å². The van der Waals surface area contributed by atoms with E-state index < -0.39 is 0 Å². The largest absolute Gasteiger partial charge is 0.0877 e. The molecule has 0 aliphatic carbocycles. The van der Waals surface area contributed by atoms with Gasteiger partial charge in [0.05, 0.1) is 0 Å². The van der Waals surface area contributed by atoms with Crippen molar-refractivity contribution in [2.75, 3.05) is 0 Å². The molecule has 68 valence electrons. The maximum atomic E-state index is 2.26. The first-order chi connectivity index (χ1) is 5.76. The zero-order valence-electron chi connectivity index (χ0n) is 8.67. The van der Waals surface area contributed by atoms with Crippen molar-refractivity contribution in [1.29, 1.82) is 0 Å². The molecule has 0 rings (SSSR count). The normalized spacial score (nSPS) is 16.2. The standard InChI is InChI=1S/C12H20/c1-5-8-10-12(9-6-2)11(4)7-3/h5-6,8-11H,7H2,1-4H3/b8-5-,9-6-,12-10+. The Morgan fingerprint density at radius 2 is 1.92 bits per heavy atom. The van der Waals surface area contributed by atoms with Gasteiger partial charge in [0.1, 0.15) is 0 Å². The third kappa shape index (κ3) is 4.17. The summed E-state index contributed by atoms with van der Waals surface area (Å²) in [4.78, 5) is 0. The maximum absolute atomic E-state index is 2.26. The molecule has 0 heterocycles. The van der Waals surface area contributed by atoms with Crippen molar-refractivity contribution in [3.05, 3.63) is 36.0 Å². The van der Waals surface area contributed by atoms with Crippen LogP contribution in [-0.2, 0) is 0 Å². The molecule has 0 aliphatic heterocycles. The monoisotopic (exact) mass is 164 g/mol. The van der Waals surface area contributed by atoms with Gasteiger partial charge in [-0.15, -0.1) is 0 Å². The van der Waals surface area contributed by atoms with Gasteiger partial charge in [-0.1, -0.05) is 44.2 Å². The number of rotatable bonds is 4. The molecule has 0 radical (unpaired) electrons. The van der Waals surface area contributed by atoms with Crippen molar-refractivity contribution in [2.45, 2.75) is 34.1 Å². The molecule has 0 fully saturated rings. The van der Waals surface area contributed by atoms with E-state index >= 15 is 0 Å². The molecule has 0 aromatic rings. The summed E-state index contributed by atoms with van der Waals surface area (Å²) in [5.74, 6) is 0.664. The van der Waals surface area contributed by atoms with Crippen molar-refractivity contribution >= 4 is 0 Å². The van der Waals surface area contributed by atoms with Crippen molar-refractivity contribution in [2.24, 2.45) is 5.92 Å². The van der Waals surface area contributed by atoms with Crippen molar-refractivity contribution in [3.63, 3.8) is 0 Å². The molecule has 0 aromatic heterocycles. The highest BCUT2D eigenvalue weighted by atomic mass is 14.1. The molecule has 12 heavy (non-hydrogen) atoms. The van der Waals surface area contributed by atoms with E-state index in [1.54, 1.807) is 0 Å². The fourth-order valence-electron chi connectivity index (χ4n) is 1.02. The molecule has 0 bridgehead atoms. The SMILES string of the molecule is C\C=C/C=C(\C=C/C)C(C)CC. The van der Waals surface area contributed by atoms with Crippen LogP contribution in [0.1, 0.15) is 34.1 Å². The summed E-state index contributed by atoms with van der Waals surface area (Å²) in [6.07, 6.45) is 11.8. The first kappa shape index (κ1) is 11.2. The Kier molecular flexibility index (Phi) is 6.45. The van der Waals surface area contributed by atoms with Crippen LogP contribution in [0.3, 0.4) is 0 Å². The topological polar surface area (TPSA) is 0 Å². The Hall–Kier alpha value is -0.780. The molecule has 0 aliphatic rings. The molecule has 0 amide bonds. The van der Waals surface area contributed by atoms with Gasteiger partial charge in [0, 0.05) is 0 Å². The molecular formula is C12H20. The summed E-state index contributed by atoms with van der Waals surface area (Å²) in [7, 11) is 0. The van der Waals surface area contributed by atoms with E-state index in [0.29, 0.717) is 5.92 Å². The van der Waals surface area contributed by atoms with Crippen LogP contribution in [0.25, 0.3) is 0 Å². The summed E-state index contributed by atoms with van der Waals surface area (Å²) >= 11 is 0. The van der Waals surface area contributed by atoms with Crippen LogP contribution in [0.2, 0.25) is 0 Å². The van der Waals surface area contributed by atoms with Crippen molar-refractivity contribution in [3.8, 4) is 0 Å². The van der Waals surface area contributed by atoms with Crippen molar-refractivity contribution < 1.29 is 0 Å². The lowest BCUT2D eigenvalue weighted by Gasteiger charge is -2.08. The van der Waals surface area contributed by atoms with Crippen molar-refractivity contribution in [1.82, 2.24) is 0 Å². The quantitative estimate of drug-likeness (QED) is 0.548. The minimum absolute atomic E-state index is 0.664. The minimum Gasteiger partial charge on any atom is -0.0877 e. The van der Waals surface area contributed by atoms with Gasteiger partial charge in [-0.3, -0.25) is 0 Å². The second-order valence-corrected chi connectivity index (χ2v) is 3.00. The average Bonchev–Trinajstić information content (AvgIpc) is 2.11. The van der Waals surface area contributed by atoms with Gasteiger partial charge in [-0.2, -0.15) is 0 Å². The molecular weight excluding hydrogens is 144 g/mol. The van der Waals surface area contributed by atoms with Gasteiger partial charge in [0.25, 0.3) is 0 Å². The predicted molar refractivity (Wildman–Crippen MR) is 57.2 cm³/mol. The number of hydrogen-bond donors (Lipinski definition) is 0. The van der Waals surface area contributed by atoms with Gasteiger partial charge in [0.15, 0.2) is 0 Å². The second-order valence-electron chi connectivity index (χ2n) is 3.00. The molecule has 0 spiro atoms. The molecule has 1 unspecified atom stereocenters. The zero-order chi connectivity index (χ0) is 9.40. The molecule has 1 atom stereocenters. The van der Waals surface area contributed by atoms with E-state index in [0.717, 1.165) is 0 Å². The van der Waals surface area contributed by atoms with E-state index in [1.165, 1.54) is 12.0 Å². The second kappa shape index (κ2) is 6.90. The molecule has 0 N–H and O–H groups in total. The number of allylic oxidation sites excluding steroid dienone is 6. The fraction of sp³-hybridized carbons (Fsp3) is 0.500. The molecule has 0 aromatic carbocycles. The molecule has 0 heteroatoms. The molecule has 0 saturated carbocycles. The van der Waals surface area contributed by atoms with E-state index in [-0.39, 0.29) is 0 Å².